The highest BCUT2D eigenvalue weighted by atomic mass is 32.2. The zero-order valence-corrected chi connectivity index (χ0v) is 20.2. The molecule has 5 rings (SSSR count). The lowest BCUT2D eigenvalue weighted by molar-refractivity contribution is 0.101. The SMILES string of the molecule is COc1ccc(-n2c(=O)c3ccccc3n3c(SCc4cc(C(C)=O)ccc4OC)nnc23)cc1. The Labute approximate surface area is 205 Å². The molecular weight excluding hydrogens is 464 g/mol. The van der Waals surface area contributed by atoms with Gasteiger partial charge in [0.1, 0.15) is 11.5 Å². The van der Waals surface area contributed by atoms with E-state index in [2.05, 4.69) is 10.2 Å². The van der Waals surface area contributed by atoms with Crippen molar-refractivity contribution in [3.05, 3.63) is 88.2 Å². The van der Waals surface area contributed by atoms with E-state index in [0.717, 1.165) is 5.56 Å². The Bertz CT molecular complexity index is 1620. The fourth-order valence-electron chi connectivity index (χ4n) is 3.99. The van der Waals surface area contributed by atoms with Crippen molar-refractivity contribution in [2.45, 2.75) is 17.8 Å². The predicted octanol–water partition coefficient (Wildman–Crippen LogP) is 4.55. The summed E-state index contributed by atoms with van der Waals surface area (Å²) in [6, 6.07) is 20.0. The highest BCUT2D eigenvalue weighted by Gasteiger charge is 2.19. The molecule has 0 atom stereocenters. The zero-order valence-electron chi connectivity index (χ0n) is 19.4. The van der Waals surface area contributed by atoms with Crippen molar-refractivity contribution in [2.24, 2.45) is 0 Å². The molecule has 8 nitrogen and oxygen atoms in total. The Balaban J connectivity index is 1.65. The van der Waals surface area contributed by atoms with E-state index in [1.165, 1.54) is 18.7 Å². The van der Waals surface area contributed by atoms with E-state index in [9.17, 15) is 9.59 Å². The second kappa shape index (κ2) is 9.27. The summed E-state index contributed by atoms with van der Waals surface area (Å²) in [6.45, 7) is 1.54. The third kappa shape index (κ3) is 4.04. The van der Waals surface area contributed by atoms with Crippen molar-refractivity contribution in [1.82, 2.24) is 19.2 Å². The molecule has 0 fully saturated rings. The van der Waals surface area contributed by atoms with Crippen LogP contribution in [-0.2, 0) is 5.75 Å². The lowest BCUT2D eigenvalue weighted by Gasteiger charge is -2.12. The number of ether oxygens (including phenoxy) is 2. The van der Waals surface area contributed by atoms with Gasteiger partial charge in [-0.25, -0.2) is 4.57 Å². The van der Waals surface area contributed by atoms with E-state index in [0.29, 0.717) is 50.3 Å². The summed E-state index contributed by atoms with van der Waals surface area (Å²) in [7, 11) is 3.20. The Morgan fingerprint density at radius 3 is 2.46 bits per heavy atom. The zero-order chi connectivity index (χ0) is 24.5. The fraction of sp³-hybridized carbons (Fsp3) is 0.154. The maximum absolute atomic E-state index is 13.5. The molecule has 0 radical (unpaired) electrons. The number of nitrogens with zero attached hydrogens (tertiary/aromatic N) is 4. The maximum Gasteiger partial charge on any atom is 0.267 e. The van der Waals surface area contributed by atoms with E-state index in [-0.39, 0.29) is 11.3 Å². The minimum absolute atomic E-state index is 0.0127. The normalized spacial score (nSPS) is 11.2. The Hall–Kier alpha value is -4.11. The Kier molecular flexibility index (Phi) is 6.00. The number of carbonyl (C=O) groups excluding carboxylic acids is 1. The summed E-state index contributed by atoms with van der Waals surface area (Å²) in [5.74, 6) is 2.28. The first-order valence-electron chi connectivity index (χ1n) is 10.9. The lowest BCUT2D eigenvalue weighted by Crippen LogP contribution is -2.21. The van der Waals surface area contributed by atoms with E-state index in [1.807, 2.05) is 40.8 Å². The van der Waals surface area contributed by atoms with Crippen LogP contribution in [0.4, 0.5) is 0 Å². The molecule has 0 bridgehead atoms. The van der Waals surface area contributed by atoms with Crippen molar-refractivity contribution < 1.29 is 14.3 Å². The number of methoxy groups -OCH3 is 2. The van der Waals surface area contributed by atoms with Crippen LogP contribution in [0.3, 0.4) is 0 Å². The highest BCUT2D eigenvalue weighted by Crippen LogP contribution is 2.30. The number of aromatic nitrogens is 4. The van der Waals surface area contributed by atoms with Gasteiger partial charge in [0.25, 0.3) is 5.56 Å². The summed E-state index contributed by atoms with van der Waals surface area (Å²) < 4.78 is 14.2. The molecule has 3 aromatic carbocycles. The van der Waals surface area contributed by atoms with Gasteiger partial charge < -0.3 is 9.47 Å². The van der Waals surface area contributed by atoms with Crippen molar-refractivity contribution in [1.29, 1.82) is 0 Å². The van der Waals surface area contributed by atoms with Gasteiger partial charge in [0, 0.05) is 16.9 Å². The monoisotopic (exact) mass is 486 g/mol. The van der Waals surface area contributed by atoms with Crippen molar-refractivity contribution in [3.8, 4) is 17.2 Å². The number of hydrogen-bond donors (Lipinski definition) is 0. The molecule has 0 amide bonds. The van der Waals surface area contributed by atoms with Crippen LogP contribution in [0.1, 0.15) is 22.8 Å². The Morgan fingerprint density at radius 2 is 1.74 bits per heavy atom. The van der Waals surface area contributed by atoms with E-state index < -0.39 is 0 Å². The smallest absolute Gasteiger partial charge is 0.267 e. The molecule has 2 heterocycles. The number of fused-ring (bicyclic) bond motifs is 3. The quantitative estimate of drug-likeness (QED) is 0.246. The minimum atomic E-state index is -0.182. The van der Waals surface area contributed by atoms with Crippen LogP contribution in [0.2, 0.25) is 0 Å². The van der Waals surface area contributed by atoms with Gasteiger partial charge in [-0.3, -0.25) is 14.0 Å². The number of carbonyl (C=O) groups is 1. The molecule has 9 heteroatoms. The van der Waals surface area contributed by atoms with Crippen LogP contribution < -0.4 is 15.0 Å². The van der Waals surface area contributed by atoms with Gasteiger partial charge in [0.05, 0.1) is 30.8 Å². The van der Waals surface area contributed by atoms with Crippen molar-refractivity contribution >= 4 is 34.2 Å². The van der Waals surface area contributed by atoms with Crippen molar-refractivity contribution in [2.75, 3.05) is 14.2 Å². The van der Waals surface area contributed by atoms with Gasteiger partial charge in [0.2, 0.25) is 5.78 Å². The summed E-state index contributed by atoms with van der Waals surface area (Å²) in [4.78, 5) is 25.3. The van der Waals surface area contributed by atoms with Crippen LogP contribution in [0.15, 0.2) is 76.7 Å². The summed E-state index contributed by atoms with van der Waals surface area (Å²) in [5.41, 5.74) is 2.68. The largest absolute Gasteiger partial charge is 0.497 e. The third-order valence-corrected chi connectivity index (χ3v) is 6.75. The molecule has 176 valence electrons. The number of para-hydroxylation sites is 1. The van der Waals surface area contributed by atoms with E-state index >= 15 is 0 Å². The standard InChI is InChI=1S/C26H22N4O4S/c1-16(31)17-8-13-23(34-3)18(14-17)15-35-26-28-27-25-29(19-9-11-20(33-2)12-10-19)24(32)21-6-4-5-7-22(21)30(25)26/h4-14H,15H2,1-3H3. The van der Waals surface area contributed by atoms with Crippen LogP contribution in [0.25, 0.3) is 22.4 Å². The molecule has 0 aliphatic carbocycles. The number of hydrogen-bond acceptors (Lipinski definition) is 7. The van der Waals surface area contributed by atoms with Gasteiger partial charge >= 0.3 is 0 Å². The van der Waals surface area contributed by atoms with Crippen LogP contribution in [-0.4, -0.2) is 39.2 Å². The molecule has 0 N–H and O–H groups in total. The van der Waals surface area contributed by atoms with E-state index in [4.69, 9.17) is 9.47 Å². The number of ketones is 1. The molecule has 35 heavy (non-hydrogen) atoms. The highest BCUT2D eigenvalue weighted by molar-refractivity contribution is 7.98. The molecule has 0 spiro atoms. The molecule has 0 saturated heterocycles. The molecule has 5 aromatic rings. The van der Waals surface area contributed by atoms with Crippen LogP contribution in [0, 0.1) is 0 Å². The lowest BCUT2D eigenvalue weighted by atomic mass is 10.1. The Morgan fingerprint density at radius 1 is 0.971 bits per heavy atom. The van der Waals surface area contributed by atoms with Gasteiger partial charge in [0.15, 0.2) is 10.9 Å². The number of rotatable bonds is 7. The predicted molar refractivity (Wildman–Crippen MR) is 135 cm³/mol. The number of thioether (sulfide) groups is 1. The first-order valence-corrected chi connectivity index (χ1v) is 11.8. The molecule has 0 saturated carbocycles. The molecule has 2 aromatic heterocycles. The van der Waals surface area contributed by atoms with Gasteiger partial charge in [-0.05, 0) is 61.5 Å². The summed E-state index contributed by atoms with van der Waals surface area (Å²) >= 11 is 1.45. The summed E-state index contributed by atoms with van der Waals surface area (Å²) in [6.07, 6.45) is 0. The molecular formula is C26H22N4O4S. The van der Waals surface area contributed by atoms with Gasteiger partial charge in [-0.2, -0.15) is 0 Å². The maximum atomic E-state index is 13.5. The molecule has 0 aliphatic rings. The summed E-state index contributed by atoms with van der Waals surface area (Å²) in [5, 5.41) is 9.97. The van der Waals surface area contributed by atoms with Crippen LogP contribution in [0.5, 0.6) is 11.5 Å². The second-order valence-corrected chi connectivity index (χ2v) is 8.79. The first-order chi connectivity index (χ1) is 17.0. The number of benzene rings is 3. The topological polar surface area (TPSA) is 87.7 Å². The molecule has 0 aliphatic heterocycles. The first kappa shape index (κ1) is 22.7. The fourth-order valence-corrected chi connectivity index (χ4v) is 4.91. The third-order valence-electron chi connectivity index (χ3n) is 5.77. The van der Waals surface area contributed by atoms with Crippen LogP contribution >= 0.6 is 11.8 Å². The molecule has 0 unspecified atom stereocenters. The van der Waals surface area contributed by atoms with Gasteiger partial charge in [-0.1, -0.05) is 23.9 Å². The van der Waals surface area contributed by atoms with E-state index in [1.54, 1.807) is 49.1 Å². The minimum Gasteiger partial charge on any atom is -0.497 e. The average molecular weight is 487 g/mol. The van der Waals surface area contributed by atoms with Crippen molar-refractivity contribution in [3.63, 3.8) is 0 Å². The average Bonchev–Trinajstić information content (AvgIpc) is 3.31. The van der Waals surface area contributed by atoms with Gasteiger partial charge in [-0.15, -0.1) is 10.2 Å². The number of Topliss-reactive ketones (excluding diaryl/α,β-unsaturated/α-hetero) is 1. The second-order valence-electron chi connectivity index (χ2n) is 7.85.